The van der Waals surface area contributed by atoms with Crippen molar-refractivity contribution in [2.45, 2.75) is 11.2 Å². The van der Waals surface area contributed by atoms with E-state index >= 15 is 0 Å². The lowest BCUT2D eigenvalue weighted by Gasteiger charge is -2.11. The van der Waals surface area contributed by atoms with Crippen LogP contribution in [0.3, 0.4) is 0 Å². The van der Waals surface area contributed by atoms with Gasteiger partial charge in [0.1, 0.15) is 0 Å². The minimum absolute atomic E-state index is 0.310. The van der Waals surface area contributed by atoms with Crippen molar-refractivity contribution in [2.24, 2.45) is 0 Å². The summed E-state index contributed by atoms with van der Waals surface area (Å²) in [6, 6.07) is 15.9. The Morgan fingerprint density at radius 2 is 1.76 bits per heavy atom. The van der Waals surface area contributed by atoms with Crippen molar-refractivity contribution in [3.63, 3.8) is 0 Å². The third-order valence-electron chi connectivity index (χ3n) is 3.36. The van der Waals surface area contributed by atoms with Gasteiger partial charge >= 0.3 is 0 Å². The van der Waals surface area contributed by atoms with Crippen LogP contribution in [0.1, 0.15) is 16.1 Å². The fraction of sp³-hybridized carbons (Fsp3) is 0.118. The van der Waals surface area contributed by atoms with E-state index in [9.17, 15) is 8.78 Å². The number of hydrogen-bond acceptors (Lipinski definition) is 1. The highest BCUT2D eigenvalue weighted by Gasteiger charge is 2.16. The molecule has 0 amide bonds. The largest absolute Gasteiger partial charge is 0.253 e. The van der Waals surface area contributed by atoms with E-state index < -0.39 is 11.6 Å². The maximum Gasteiger partial charge on any atom is 0.163 e. The van der Waals surface area contributed by atoms with Crippen LogP contribution >= 0.6 is 15.9 Å². The molecule has 4 heteroatoms. The standard InChI is InChI=1S/C17H12BrF2N/c18-14(13-5-3-6-15(19)17(13)20)10-12-9-8-11-4-1-2-7-16(11)21-12/h1-9,14H,10H2. The third kappa shape index (κ3) is 2.95. The van der Waals surface area contributed by atoms with Crippen molar-refractivity contribution < 1.29 is 8.78 Å². The van der Waals surface area contributed by atoms with Crippen LogP contribution in [0, 0.1) is 11.6 Å². The predicted molar refractivity (Wildman–Crippen MR) is 83.5 cm³/mol. The van der Waals surface area contributed by atoms with E-state index in [0.29, 0.717) is 12.0 Å². The van der Waals surface area contributed by atoms with E-state index in [1.165, 1.54) is 6.07 Å². The highest BCUT2D eigenvalue weighted by atomic mass is 79.9. The first-order chi connectivity index (χ1) is 10.1. The zero-order chi connectivity index (χ0) is 14.8. The van der Waals surface area contributed by atoms with Gasteiger partial charge < -0.3 is 0 Å². The summed E-state index contributed by atoms with van der Waals surface area (Å²) in [6.07, 6.45) is 0.491. The molecule has 0 N–H and O–H groups in total. The number of halogens is 3. The average Bonchev–Trinajstić information content (AvgIpc) is 2.50. The minimum Gasteiger partial charge on any atom is -0.253 e. The first kappa shape index (κ1) is 14.1. The van der Waals surface area contributed by atoms with Crippen LogP contribution in [0.15, 0.2) is 54.6 Å². The Morgan fingerprint density at radius 3 is 2.62 bits per heavy atom. The number of benzene rings is 2. The predicted octanol–water partition coefficient (Wildman–Crippen LogP) is 5.19. The molecule has 0 spiro atoms. The first-order valence-corrected chi connectivity index (χ1v) is 7.49. The highest BCUT2D eigenvalue weighted by molar-refractivity contribution is 9.09. The zero-order valence-electron chi connectivity index (χ0n) is 11.1. The molecular formula is C17H12BrF2N. The monoisotopic (exact) mass is 347 g/mol. The molecule has 3 aromatic rings. The van der Waals surface area contributed by atoms with Crippen LogP contribution in [-0.4, -0.2) is 4.98 Å². The van der Waals surface area contributed by atoms with Gasteiger partial charge in [0.25, 0.3) is 0 Å². The van der Waals surface area contributed by atoms with Gasteiger partial charge in [-0.1, -0.05) is 52.3 Å². The number of alkyl halides is 1. The molecule has 0 saturated heterocycles. The maximum atomic E-state index is 13.8. The van der Waals surface area contributed by atoms with E-state index in [4.69, 9.17) is 0 Å². The summed E-state index contributed by atoms with van der Waals surface area (Å²) in [5.74, 6) is -1.64. The second kappa shape index (κ2) is 5.90. The summed E-state index contributed by atoms with van der Waals surface area (Å²) < 4.78 is 27.1. The van der Waals surface area contributed by atoms with E-state index in [2.05, 4.69) is 20.9 Å². The second-order valence-corrected chi connectivity index (χ2v) is 5.92. The Kier molecular flexibility index (Phi) is 3.97. The lowest BCUT2D eigenvalue weighted by atomic mass is 10.1. The average molecular weight is 348 g/mol. The van der Waals surface area contributed by atoms with Crippen LogP contribution < -0.4 is 0 Å². The lowest BCUT2D eigenvalue weighted by Crippen LogP contribution is -2.02. The number of pyridine rings is 1. The van der Waals surface area contributed by atoms with Gasteiger partial charge in [0.05, 0.1) is 5.52 Å². The number of nitrogens with zero attached hydrogens (tertiary/aromatic N) is 1. The van der Waals surface area contributed by atoms with Crippen LogP contribution in [0.5, 0.6) is 0 Å². The molecule has 0 bridgehead atoms. The summed E-state index contributed by atoms with van der Waals surface area (Å²) in [4.78, 5) is 4.23. The SMILES string of the molecule is Fc1cccc(C(Br)Cc2ccc3ccccc3n2)c1F. The molecule has 0 aliphatic rings. The van der Waals surface area contributed by atoms with Gasteiger partial charge in [0, 0.05) is 27.9 Å². The summed E-state index contributed by atoms with van der Waals surface area (Å²) in [7, 11) is 0. The van der Waals surface area contributed by atoms with Crippen molar-refractivity contribution >= 4 is 26.8 Å². The summed E-state index contributed by atoms with van der Waals surface area (Å²) >= 11 is 3.43. The van der Waals surface area contributed by atoms with Crippen LogP contribution in [0.25, 0.3) is 10.9 Å². The molecule has 1 aromatic heterocycles. The molecule has 21 heavy (non-hydrogen) atoms. The van der Waals surface area contributed by atoms with Crippen molar-refractivity contribution in [1.29, 1.82) is 0 Å². The summed E-state index contributed by atoms with van der Waals surface area (Å²) in [5.41, 5.74) is 2.04. The summed E-state index contributed by atoms with van der Waals surface area (Å²) in [5, 5.41) is 1.06. The molecular weight excluding hydrogens is 336 g/mol. The van der Waals surface area contributed by atoms with Crippen LogP contribution in [-0.2, 0) is 6.42 Å². The first-order valence-electron chi connectivity index (χ1n) is 6.58. The van der Waals surface area contributed by atoms with Crippen molar-refractivity contribution in [2.75, 3.05) is 0 Å². The topological polar surface area (TPSA) is 12.9 Å². The molecule has 1 unspecified atom stereocenters. The Labute approximate surface area is 129 Å². The van der Waals surface area contributed by atoms with E-state index in [1.807, 2.05) is 36.4 Å². The molecule has 106 valence electrons. The van der Waals surface area contributed by atoms with Gasteiger partial charge in [-0.25, -0.2) is 8.78 Å². The van der Waals surface area contributed by atoms with E-state index in [-0.39, 0.29) is 4.83 Å². The molecule has 1 atom stereocenters. The Balaban J connectivity index is 1.89. The molecule has 1 nitrogen and oxygen atoms in total. The molecule has 0 fully saturated rings. The fourth-order valence-corrected chi connectivity index (χ4v) is 2.96. The molecule has 2 aromatic carbocycles. The van der Waals surface area contributed by atoms with Gasteiger partial charge in [0.2, 0.25) is 0 Å². The van der Waals surface area contributed by atoms with Gasteiger partial charge in [-0.3, -0.25) is 4.98 Å². The minimum atomic E-state index is -0.830. The quantitative estimate of drug-likeness (QED) is 0.594. The smallest absolute Gasteiger partial charge is 0.163 e. The van der Waals surface area contributed by atoms with Gasteiger partial charge in [-0.05, 0) is 18.2 Å². The number of hydrogen-bond donors (Lipinski definition) is 0. The van der Waals surface area contributed by atoms with Crippen molar-refractivity contribution in [3.05, 3.63) is 77.5 Å². The van der Waals surface area contributed by atoms with Gasteiger partial charge in [-0.15, -0.1) is 0 Å². The zero-order valence-corrected chi connectivity index (χ0v) is 12.6. The molecule has 3 rings (SSSR count). The fourth-order valence-electron chi connectivity index (χ4n) is 2.28. The van der Waals surface area contributed by atoms with E-state index in [0.717, 1.165) is 22.7 Å². The normalized spacial score (nSPS) is 12.5. The van der Waals surface area contributed by atoms with Crippen LogP contribution in [0.2, 0.25) is 0 Å². The lowest BCUT2D eigenvalue weighted by molar-refractivity contribution is 0.498. The Bertz CT molecular complexity index is 789. The third-order valence-corrected chi connectivity index (χ3v) is 4.18. The van der Waals surface area contributed by atoms with E-state index in [1.54, 1.807) is 6.07 Å². The molecule has 0 aliphatic carbocycles. The molecule has 1 heterocycles. The summed E-state index contributed by atoms with van der Waals surface area (Å²) in [6.45, 7) is 0. The Morgan fingerprint density at radius 1 is 0.952 bits per heavy atom. The number of aromatic nitrogens is 1. The number of fused-ring (bicyclic) bond motifs is 1. The molecule has 0 aliphatic heterocycles. The van der Waals surface area contributed by atoms with Crippen LogP contribution in [0.4, 0.5) is 8.78 Å². The number of para-hydroxylation sites is 1. The van der Waals surface area contributed by atoms with Gasteiger partial charge in [0.15, 0.2) is 11.6 Å². The van der Waals surface area contributed by atoms with Crippen molar-refractivity contribution in [3.8, 4) is 0 Å². The molecule has 0 saturated carbocycles. The molecule has 0 radical (unpaired) electrons. The second-order valence-electron chi connectivity index (χ2n) is 4.81. The maximum absolute atomic E-state index is 13.8. The Hall–Kier alpha value is -1.81. The van der Waals surface area contributed by atoms with Gasteiger partial charge in [-0.2, -0.15) is 0 Å². The number of rotatable bonds is 3. The highest BCUT2D eigenvalue weighted by Crippen LogP contribution is 2.30. The van der Waals surface area contributed by atoms with Crippen molar-refractivity contribution in [1.82, 2.24) is 4.98 Å².